The van der Waals surface area contributed by atoms with Gasteiger partial charge in [-0.2, -0.15) is 9.97 Å². The van der Waals surface area contributed by atoms with Gasteiger partial charge >= 0.3 is 12.1 Å². The standard InChI is InChI=1S/C32H34N6O4/c39-24-13-20-5-1-2-6-25(20)26(15-24)21-14-27-28(33-16-21)29(36-17-22-7-8-23(18-36)38(22)31(40)41)35-30(34-27)42-19-32-9-3-11-37(32)12-4-10-32/h1-2,5-6,13-16,22-23,39H,3-4,7-12,17-19H2,(H,40,41)/t22-,23+. The number of hydrogen-bond acceptors (Lipinski definition) is 8. The molecule has 2 atom stereocenters. The highest BCUT2D eigenvalue weighted by Gasteiger charge is 2.46. The van der Waals surface area contributed by atoms with Crippen LogP contribution in [-0.2, 0) is 0 Å². The average Bonchev–Trinajstić information content (AvgIpc) is 3.65. The minimum atomic E-state index is -0.850. The van der Waals surface area contributed by atoms with Gasteiger partial charge < -0.3 is 19.8 Å². The molecule has 6 heterocycles. The van der Waals surface area contributed by atoms with Crippen molar-refractivity contribution in [3.05, 3.63) is 48.7 Å². The first-order valence-corrected chi connectivity index (χ1v) is 15.0. The predicted molar refractivity (Wildman–Crippen MR) is 159 cm³/mol. The van der Waals surface area contributed by atoms with Gasteiger partial charge in [-0.15, -0.1) is 0 Å². The summed E-state index contributed by atoms with van der Waals surface area (Å²) in [6.07, 6.45) is 7.29. The third-order valence-electron chi connectivity index (χ3n) is 9.94. The number of hydrogen-bond donors (Lipinski definition) is 2. The summed E-state index contributed by atoms with van der Waals surface area (Å²) in [6, 6.07) is 13.7. The number of fused-ring (bicyclic) bond motifs is 5. The molecule has 0 saturated carbocycles. The number of aromatic hydroxyl groups is 1. The van der Waals surface area contributed by atoms with Crippen LogP contribution in [0.1, 0.15) is 38.5 Å². The molecule has 4 aliphatic heterocycles. The van der Waals surface area contributed by atoms with E-state index in [1.807, 2.05) is 36.5 Å². The highest BCUT2D eigenvalue weighted by atomic mass is 16.5. The normalized spacial score (nSPS) is 23.1. The molecule has 2 N–H and O–H groups in total. The van der Waals surface area contributed by atoms with E-state index in [1.54, 1.807) is 17.0 Å². The van der Waals surface area contributed by atoms with Gasteiger partial charge in [0.25, 0.3) is 0 Å². The molecule has 2 aromatic heterocycles. The van der Waals surface area contributed by atoms with Crippen molar-refractivity contribution in [3.63, 3.8) is 0 Å². The number of carbonyl (C=O) groups is 1. The molecular formula is C32H34N6O4. The lowest BCUT2D eigenvalue weighted by Gasteiger charge is -2.40. The Balaban J connectivity index is 1.21. The van der Waals surface area contributed by atoms with Gasteiger partial charge in [0.05, 0.1) is 23.1 Å². The molecule has 0 spiro atoms. The molecule has 4 aromatic rings. The van der Waals surface area contributed by atoms with Gasteiger partial charge in [-0.05, 0) is 86.1 Å². The Morgan fingerprint density at radius 1 is 1.02 bits per heavy atom. The first-order valence-electron chi connectivity index (χ1n) is 15.0. The van der Waals surface area contributed by atoms with Crippen molar-refractivity contribution < 1.29 is 19.7 Å². The van der Waals surface area contributed by atoms with Crippen molar-refractivity contribution in [1.82, 2.24) is 24.8 Å². The lowest BCUT2D eigenvalue weighted by atomic mass is 9.95. The SMILES string of the molecule is O=C(O)N1[C@@H]2CC[C@H]1CN(c1nc(OCC34CCCN3CCC4)nc3cc(-c4cc(O)cc5ccccc45)cnc13)C2. The maximum Gasteiger partial charge on any atom is 0.407 e. The number of aromatic nitrogens is 3. The van der Waals surface area contributed by atoms with E-state index in [9.17, 15) is 15.0 Å². The molecule has 2 aromatic carbocycles. The largest absolute Gasteiger partial charge is 0.508 e. The van der Waals surface area contributed by atoms with E-state index < -0.39 is 6.09 Å². The topological polar surface area (TPSA) is 115 Å². The van der Waals surface area contributed by atoms with Gasteiger partial charge in [-0.1, -0.05) is 24.3 Å². The molecule has 4 fully saturated rings. The zero-order valence-corrected chi connectivity index (χ0v) is 23.4. The van der Waals surface area contributed by atoms with Crippen molar-refractivity contribution in [3.8, 4) is 22.9 Å². The maximum absolute atomic E-state index is 11.9. The van der Waals surface area contributed by atoms with Crippen molar-refractivity contribution >= 4 is 33.7 Å². The zero-order chi connectivity index (χ0) is 28.4. The molecule has 10 nitrogen and oxygen atoms in total. The predicted octanol–water partition coefficient (Wildman–Crippen LogP) is 4.89. The second-order valence-electron chi connectivity index (χ2n) is 12.3. The maximum atomic E-state index is 11.9. The third kappa shape index (κ3) is 4.11. The second kappa shape index (κ2) is 9.69. The fourth-order valence-electron chi connectivity index (χ4n) is 8.00. The van der Waals surface area contributed by atoms with Crippen LogP contribution >= 0.6 is 0 Å². The lowest BCUT2D eigenvalue weighted by Crippen LogP contribution is -2.55. The van der Waals surface area contributed by atoms with Crippen LogP contribution < -0.4 is 9.64 Å². The van der Waals surface area contributed by atoms with Crippen LogP contribution in [0.3, 0.4) is 0 Å². The Morgan fingerprint density at radius 3 is 2.55 bits per heavy atom. The summed E-state index contributed by atoms with van der Waals surface area (Å²) in [5.74, 6) is 0.886. The summed E-state index contributed by atoms with van der Waals surface area (Å²) in [4.78, 5) is 33.0. The fourth-order valence-corrected chi connectivity index (χ4v) is 8.00. The number of phenols is 1. The molecule has 0 unspecified atom stereocenters. The molecule has 2 bridgehead atoms. The molecule has 42 heavy (non-hydrogen) atoms. The molecule has 8 rings (SSSR count). The Morgan fingerprint density at radius 2 is 1.79 bits per heavy atom. The first kappa shape index (κ1) is 25.5. The number of anilines is 1. The summed E-state index contributed by atoms with van der Waals surface area (Å²) in [5.41, 5.74) is 3.12. The summed E-state index contributed by atoms with van der Waals surface area (Å²) in [6.45, 7) is 3.92. The molecule has 0 radical (unpaired) electrons. The fraction of sp³-hybridized carbons (Fsp3) is 0.438. The number of pyridine rings is 1. The summed E-state index contributed by atoms with van der Waals surface area (Å²) >= 11 is 0. The molecular weight excluding hydrogens is 532 g/mol. The molecule has 0 aliphatic carbocycles. The number of ether oxygens (including phenoxy) is 1. The number of piperazine rings is 1. The summed E-state index contributed by atoms with van der Waals surface area (Å²) in [7, 11) is 0. The summed E-state index contributed by atoms with van der Waals surface area (Å²) < 4.78 is 6.43. The van der Waals surface area contributed by atoms with Gasteiger partial charge in [0.15, 0.2) is 5.82 Å². The van der Waals surface area contributed by atoms with Crippen LogP contribution in [0.2, 0.25) is 0 Å². The van der Waals surface area contributed by atoms with Crippen LogP contribution in [-0.4, -0.2) is 91.5 Å². The van der Waals surface area contributed by atoms with E-state index in [0.717, 1.165) is 60.7 Å². The van der Waals surface area contributed by atoms with E-state index in [2.05, 4.69) is 9.80 Å². The Bertz CT molecular complexity index is 1690. The van der Waals surface area contributed by atoms with Gasteiger partial charge in [0.1, 0.15) is 17.9 Å². The van der Waals surface area contributed by atoms with Crippen molar-refractivity contribution in [2.75, 3.05) is 37.7 Å². The summed E-state index contributed by atoms with van der Waals surface area (Å²) in [5, 5.41) is 22.3. The van der Waals surface area contributed by atoms with Crippen LogP contribution in [0.5, 0.6) is 11.8 Å². The Labute approximate surface area is 243 Å². The molecule has 216 valence electrons. The number of amides is 1. The molecule has 4 aliphatic rings. The number of nitrogens with zero attached hydrogens (tertiary/aromatic N) is 6. The first-order chi connectivity index (χ1) is 20.5. The van der Waals surface area contributed by atoms with E-state index in [4.69, 9.17) is 19.7 Å². The molecule has 1 amide bonds. The van der Waals surface area contributed by atoms with E-state index in [-0.39, 0.29) is 23.4 Å². The number of phenolic OH excluding ortho intramolecular Hbond substituents is 1. The second-order valence-corrected chi connectivity index (χ2v) is 12.3. The van der Waals surface area contributed by atoms with Crippen molar-refractivity contribution in [2.45, 2.75) is 56.1 Å². The monoisotopic (exact) mass is 566 g/mol. The highest BCUT2D eigenvalue weighted by molar-refractivity contribution is 5.99. The number of carboxylic acid groups (broad SMARTS) is 1. The highest BCUT2D eigenvalue weighted by Crippen LogP contribution is 2.40. The van der Waals surface area contributed by atoms with Gasteiger partial charge in [0, 0.05) is 24.8 Å². The molecule has 4 saturated heterocycles. The van der Waals surface area contributed by atoms with Gasteiger partial charge in [0.2, 0.25) is 0 Å². The van der Waals surface area contributed by atoms with Crippen LogP contribution in [0.4, 0.5) is 10.6 Å². The average molecular weight is 567 g/mol. The zero-order valence-electron chi connectivity index (χ0n) is 23.4. The minimum absolute atomic E-state index is 0.0608. The molecule has 10 heteroatoms. The van der Waals surface area contributed by atoms with E-state index >= 15 is 0 Å². The van der Waals surface area contributed by atoms with Gasteiger partial charge in [-0.25, -0.2) is 4.79 Å². The number of rotatable bonds is 5. The Kier molecular flexibility index (Phi) is 5.89. The smallest absolute Gasteiger partial charge is 0.407 e. The quantitative estimate of drug-likeness (QED) is 0.348. The van der Waals surface area contributed by atoms with Gasteiger partial charge in [-0.3, -0.25) is 14.8 Å². The van der Waals surface area contributed by atoms with Crippen molar-refractivity contribution in [1.29, 1.82) is 0 Å². The van der Waals surface area contributed by atoms with Crippen molar-refractivity contribution in [2.24, 2.45) is 0 Å². The Hall–Kier alpha value is -4.18. The third-order valence-corrected chi connectivity index (χ3v) is 9.94. The minimum Gasteiger partial charge on any atom is -0.508 e. The van der Waals surface area contributed by atoms with E-state index in [1.165, 1.54) is 12.8 Å². The lowest BCUT2D eigenvalue weighted by molar-refractivity contribution is 0.107. The van der Waals surface area contributed by atoms with Crippen LogP contribution in [0.25, 0.3) is 32.9 Å². The number of benzene rings is 2. The van der Waals surface area contributed by atoms with E-state index in [0.29, 0.717) is 42.6 Å². The van der Waals surface area contributed by atoms with Crippen LogP contribution in [0, 0.1) is 0 Å². The van der Waals surface area contributed by atoms with Crippen LogP contribution in [0.15, 0.2) is 48.7 Å².